The maximum Gasteiger partial charge on any atom is 0.287 e. The van der Waals surface area contributed by atoms with Gasteiger partial charge in [-0.3, -0.25) is 10.1 Å². The number of nitrogens with zero attached hydrogens (tertiary/aromatic N) is 3. The van der Waals surface area contributed by atoms with Crippen molar-refractivity contribution in [1.82, 2.24) is 4.98 Å². The molecule has 3 rings (SSSR count). The van der Waals surface area contributed by atoms with Crippen molar-refractivity contribution in [3.63, 3.8) is 0 Å². The normalized spacial score (nSPS) is 16.9. The van der Waals surface area contributed by atoms with Crippen LogP contribution < -0.4 is 15.0 Å². The van der Waals surface area contributed by atoms with Gasteiger partial charge in [0.2, 0.25) is 0 Å². The first-order chi connectivity index (χ1) is 11.7. The Labute approximate surface area is 140 Å². The minimum absolute atomic E-state index is 0.00520. The van der Waals surface area contributed by atoms with Crippen LogP contribution in [0.25, 0.3) is 0 Å². The van der Waals surface area contributed by atoms with E-state index in [1.807, 2.05) is 18.2 Å². The van der Waals surface area contributed by atoms with Gasteiger partial charge in [-0.05, 0) is 30.5 Å². The van der Waals surface area contributed by atoms with Gasteiger partial charge in [0.05, 0.1) is 12.0 Å². The third kappa shape index (κ3) is 3.73. The summed E-state index contributed by atoms with van der Waals surface area (Å²) < 4.78 is 5.28. The zero-order chi connectivity index (χ0) is 16.9. The second kappa shape index (κ2) is 7.16. The molecule has 1 aromatic carbocycles. The summed E-state index contributed by atoms with van der Waals surface area (Å²) in [6.45, 7) is 2.77. The average Bonchev–Trinajstić information content (AvgIpc) is 3.09. The van der Waals surface area contributed by atoms with Crippen LogP contribution >= 0.6 is 0 Å². The molecule has 1 aromatic heterocycles. The van der Waals surface area contributed by atoms with Gasteiger partial charge in [0.1, 0.15) is 17.8 Å². The lowest BCUT2D eigenvalue weighted by Gasteiger charge is -2.19. The number of pyridine rings is 1. The van der Waals surface area contributed by atoms with Crippen LogP contribution in [-0.4, -0.2) is 36.7 Å². The minimum atomic E-state index is -0.445. The van der Waals surface area contributed by atoms with E-state index in [1.165, 1.54) is 18.0 Å². The number of benzene rings is 1. The number of aromatic nitrogens is 1. The average molecular weight is 328 g/mol. The fourth-order valence-corrected chi connectivity index (χ4v) is 2.89. The Bertz CT molecular complexity index is 705. The summed E-state index contributed by atoms with van der Waals surface area (Å²) >= 11 is 0. The van der Waals surface area contributed by atoms with Crippen molar-refractivity contribution >= 4 is 17.2 Å². The number of methoxy groups -OCH3 is 1. The quantitative estimate of drug-likeness (QED) is 0.649. The standard InChI is InChI=1S/C17H20N4O3/c1-24-16-4-2-3-14(9-16)20-8-7-13(12-20)10-18-17-6-5-15(11-19-17)21(22)23/h2-6,9,11,13H,7-8,10,12H2,1H3,(H,18,19)/t13-/m1/s1. The number of hydrogen-bond acceptors (Lipinski definition) is 6. The lowest BCUT2D eigenvalue weighted by atomic mass is 10.1. The Morgan fingerprint density at radius 2 is 2.29 bits per heavy atom. The first-order valence-corrected chi connectivity index (χ1v) is 7.89. The van der Waals surface area contributed by atoms with Crippen molar-refractivity contribution < 1.29 is 9.66 Å². The molecule has 24 heavy (non-hydrogen) atoms. The smallest absolute Gasteiger partial charge is 0.287 e. The van der Waals surface area contributed by atoms with Gasteiger partial charge in [-0.1, -0.05) is 6.07 Å². The second-order valence-electron chi connectivity index (χ2n) is 5.84. The fourth-order valence-electron chi connectivity index (χ4n) is 2.89. The van der Waals surface area contributed by atoms with Gasteiger partial charge in [0.25, 0.3) is 5.69 Å². The van der Waals surface area contributed by atoms with Gasteiger partial charge in [0, 0.05) is 37.5 Å². The van der Waals surface area contributed by atoms with Crippen molar-refractivity contribution in [3.8, 4) is 5.75 Å². The fraction of sp³-hybridized carbons (Fsp3) is 0.353. The first kappa shape index (κ1) is 16.0. The monoisotopic (exact) mass is 328 g/mol. The SMILES string of the molecule is COc1cccc(N2CC[C@H](CNc3ccc([N+](=O)[O-])cn3)C2)c1. The van der Waals surface area contributed by atoms with Crippen molar-refractivity contribution in [2.75, 3.05) is 37.0 Å². The Hall–Kier alpha value is -2.83. The lowest BCUT2D eigenvalue weighted by Crippen LogP contribution is -2.22. The number of ether oxygens (including phenoxy) is 1. The number of hydrogen-bond donors (Lipinski definition) is 1. The summed E-state index contributed by atoms with van der Waals surface area (Å²) in [5.41, 5.74) is 1.18. The van der Waals surface area contributed by atoms with Crippen LogP contribution in [0.4, 0.5) is 17.2 Å². The van der Waals surface area contributed by atoms with Crippen LogP contribution in [0.5, 0.6) is 5.75 Å². The van der Waals surface area contributed by atoms with E-state index in [2.05, 4.69) is 21.3 Å². The molecule has 1 aliphatic rings. The van der Waals surface area contributed by atoms with Gasteiger partial charge in [0.15, 0.2) is 0 Å². The summed E-state index contributed by atoms with van der Waals surface area (Å²) in [5.74, 6) is 2.04. The molecule has 0 unspecified atom stereocenters. The molecule has 1 N–H and O–H groups in total. The molecule has 7 nitrogen and oxygen atoms in total. The Balaban J connectivity index is 1.53. The molecule has 0 bridgehead atoms. The zero-order valence-electron chi connectivity index (χ0n) is 13.5. The van der Waals surface area contributed by atoms with Crippen molar-refractivity contribution in [1.29, 1.82) is 0 Å². The van der Waals surface area contributed by atoms with Crippen molar-refractivity contribution in [2.24, 2.45) is 5.92 Å². The van der Waals surface area contributed by atoms with E-state index >= 15 is 0 Å². The summed E-state index contributed by atoms with van der Waals surface area (Å²) in [4.78, 5) is 16.6. The van der Waals surface area contributed by atoms with Crippen LogP contribution in [0.15, 0.2) is 42.6 Å². The highest BCUT2D eigenvalue weighted by Crippen LogP contribution is 2.27. The molecule has 0 aliphatic carbocycles. The topological polar surface area (TPSA) is 80.5 Å². The molecule has 1 aliphatic heterocycles. The molecule has 0 radical (unpaired) electrons. The predicted molar refractivity (Wildman–Crippen MR) is 92.7 cm³/mol. The lowest BCUT2D eigenvalue weighted by molar-refractivity contribution is -0.385. The van der Waals surface area contributed by atoms with E-state index in [-0.39, 0.29) is 5.69 Å². The van der Waals surface area contributed by atoms with Gasteiger partial charge < -0.3 is 15.0 Å². The molecule has 1 atom stereocenters. The molecule has 1 fully saturated rings. The van der Waals surface area contributed by atoms with Gasteiger partial charge in [-0.25, -0.2) is 4.98 Å². The maximum absolute atomic E-state index is 10.6. The van der Waals surface area contributed by atoms with Crippen LogP contribution in [-0.2, 0) is 0 Å². The van der Waals surface area contributed by atoms with E-state index in [1.54, 1.807) is 13.2 Å². The van der Waals surface area contributed by atoms with Gasteiger partial charge >= 0.3 is 0 Å². The van der Waals surface area contributed by atoms with E-state index in [0.29, 0.717) is 11.7 Å². The number of nitro groups is 1. The van der Waals surface area contributed by atoms with Crippen LogP contribution in [0, 0.1) is 16.0 Å². The molecular formula is C17H20N4O3. The van der Waals surface area contributed by atoms with Crippen LogP contribution in [0.1, 0.15) is 6.42 Å². The third-order valence-electron chi connectivity index (χ3n) is 4.23. The van der Waals surface area contributed by atoms with E-state index in [9.17, 15) is 10.1 Å². The van der Waals surface area contributed by atoms with Crippen LogP contribution in [0.2, 0.25) is 0 Å². The largest absolute Gasteiger partial charge is 0.497 e. The van der Waals surface area contributed by atoms with E-state index < -0.39 is 4.92 Å². The molecule has 0 saturated carbocycles. The number of anilines is 2. The summed E-state index contributed by atoms with van der Waals surface area (Å²) in [6, 6.07) is 11.2. The highest BCUT2D eigenvalue weighted by Gasteiger charge is 2.23. The first-order valence-electron chi connectivity index (χ1n) is 7.89. The summed E-state index contributed by atoms with van der Waals surface area (Å²) in [7, 11) is 1.67. The maximum atomic E-state index is 10.6. The van der Waals surface area contributed by atoms with E-state index in [0.717, 1.165) is 31.8 Å². The third-order valence-corrected chi connectivity index (χ3v) is 4.23. The predicted octanol–water partition coefficient (Wildman–Crippen LogP) is 2.94. The highest BCUT2D eigenvalue weighted by molar-refractivity contribution is 5.51. The van der Waals surface area contributed by atoms with Gasteiger partial charge in [-0.2, -0.15) is 0 Å². The summed E-state index contributed by atoms with van der Waals surface area (Å²) in [6.07, 6.45) is 2.37. The zero-order valence-corrected chi connectivity index (χ0v) is 13.5. The molecule has 0 amide bonds. The Morgan fingerprint density at radius 3 is 3.00 bits per heavy atom. The van der Waals surface area contributed by atoms with Crippen molar-refractivity contribution in [2.45, 2.75) is 6.42 Å². The molecule has 126 valence electrons. The molecule has 0 spiro atoms. The van der Waals surface area contributed by atoms with Gasteiger partial charge in [-0.15, -0.1) is 0 Å². The molecule has 2 heterocycles. The molecular weight excluding hydrogens is 308 g/mol. The molecule has 2 aromatic rings. The van der Waals surface area contributed by atoms with E-state index in [4.69, 9.17) is 4.74 Å². The number of nitrogens with one attached hydrogen (secondary N) is 1. The van der Waals surface area contributed by atoms with Crippen LogP contribution in [0.3, 0.4) is 0 Å². The minimum Gasteiger partial charge on any atom is -0.497 e. The second-order valence-corrected chi connectivity index (χ2v) is 5.84. The molecule has 1 saturated heterocycles. The Kier molecular flexibility index (Phi) is 4.79. The summed E-state index contributed by atoms with van der Waals surface area (Å²) in [5, 5.41) is 13.9. The Morgan fingerprint density at radius 1 is 1.42 bits per heavy atom. The highest BCUT2D eigenvalue weighted by atomic mass is 16.6. The molecule has 7 heteroatoms. The van der Waals surface area contributed by atoms with Crippen molar-refractivity contribution in [3.05, 3.63) is 52.7 Å². The number of rotatable bonds is 6.